The first-order chi connectivity index (χ1) is 9.99. The second-order valence-electron chi connectivity index (χ2n) is 6.10. The van der Waals surface area contributed by atoms with Crippen molar-refractivity contribution in [3.05, 3.63) is 0 Å². The number of urea groups is 1. The molecule has 2 rings (SSSR count). The highest BCUT2D eigenvalue weighted by Gasteiger charge is 2.48. The van der Waals surface area contributed by atoms with Gasteiger partial charge in [-0.2, -0.15) is 0 Å². The molecule has 0 bridgehead atoms. The molecule has 0 spiro atoms. The van der Waals surface area contributed by atoms with Crippen LogP contribution in [0.3, 0.4) is 0 Å². The molecule has 1 heterocycles. The number of aliphatic carboxylic acids is 1. The highest BCUT2D eigenvalue weighted by Crippen LogP contribution is 2.29. The molecule has 0 aromatic rings. The van der Waals surface area contributed by atoms with Crippen molar-refractivity contribution in [1.29, 1.82) is 0 Å². The summed E-state index contributed by atoms with van der Waals surface area (Å²) in [6, 6.07) is -0.723. The van der Waals surface area contributed by atoms with Crippen LogP contribution in [0.5, 0.6) is 0 Å². The third-order valence-electron chi connectivity index (χ3n) is 4.61. The molecule has 7 heteroatoms. The lowest BCUT2D eigenvalue weighted by Gasteiger charge is -2.32. The third-order valence-corrected chi connectivity index (χ3v) is 4.61. The third kappa shape index (κ3) is 3.29. The smallest absolute Gasteiger partial charge is 0.318 e. The summed E-state index contributed by atoms with van der Waals surface area (Å²) < 4.78 is 5.24. The molecular weight excluding hydrogens is 276 g/mol. The number of nitrogens with zero attached hydrogens (tertiary/aromatic N) is 1. The summed E-state index contributed by atoms with van der Waals surface area (Å²) >= 11 is 0. The normalized spacial score (nSPS) is 29.5. The number of carboxylic acid groups (broad SMARTS) is 1. The van der Waals surface area contributed by atoms with Gasteiger partial charge in [0.25, 0.3) is 0 Å². The fourth-order valence-electron chi connectivity index (χ4n) is 3.09. The van der Waals surface area contributed by atoms with Gasteiger partial charge in [-0.25, -0.2) is 4.79 Å². The minimum absolute atomic E-state index is 0.0940. The predicted molar refractivity (Wildman–Crippen MR) is 74.9 cm³/mol. The SMILES string of the molecule is CC1(C(=O)O)COCC1NC(=O)N(CCO)C1CCCC1. The summed E-state index contributed by atoms with van der Waals surface area (Å²) in [4.78, 5) is 25.5. The molecule has 2 atom stereocenters. The minimum atomic E-state index is -1.10. The molecule has 1 saturated heterocycles. The second-order valence-corrected chi connectivity index (χ2v) is 6.10. The molecule has 0 aromatic heterocycles. The van der Waals surface area contributed by atoms with Crippen molar-refractivity contribution in [2.75, 3.05) is 26.4 Å². The van der Waals surface area contributed by atoms with Gasteiger partial charge in [0, 0.05) is 12.6 Å². The Morgan fingerprint density at radius 3 is 2.62 bits per heavy atom. The fourth-order valence-corrected chi connectivity index (χ4v) is 3.09. The Morgan fingerprint density at radius 1 is 1.38 bits per heavy atom. The van der Waals surface area contributed by atoms with Gasteiger partial charge in [-0.15, -0.1) is 0 Å². The van der Waals surface area contributed by atoms with Crippen molar-refractivity contribution in [3.63, 3.8) is 0 Å². The number of carbonyl (C=O) groups excluding carboxylic acids is 1. The molecule has 1 aliphatic heterocycles. The number of rotatable bonds is 5. The van der Waals surface area contributed by atoms with E-state index in [0.29, 0.717) is 0 Å². The van der Waals surface area contributed by atoms with Gasteiger partial charge in [0.2, 0.25) is 0 Å². The highest BCUT2D eigenvalue weighted by molar-refractivity contribution is 5.79. The first-order valence-electron chi connectivity index (χ1n) is 7.48. The zero-order valence-corrected chi connectivity index (χ0v) is 12.4. The molecule has 2 aliphatic rings. The van der Waals surface area contributed by atoms with Gasteiger partial charge in [0.15, 0.2) is 0 Å². The van der Waals surface area contributed by atoms with Gasteiger partial charge in [0.05, 0.1) is 25.9 Å². The van der Waals surface area contributed by atoms with Crippen molar-refractivity contribution < 1.29 is 24.5 Å². The average Bonchev–Trinajstić information content (AvgIpc) is 3.07. The monoisotopic (exact) mass is 300 g/mol. The van der Waals surface area contributed by atoms with Crippen LogP contribution in [0.2, 0.25) is 0 Å². The summed E-state index contributed by atoms with van der Waals surface area (Å²) in [5.74, 6) is -0.972. The molecule has 0 aromatic carbocycles. The van der Waals surface area contributed by atoms with Crippen LogP contribution in [0, 0.1) is 5.41 Å². The lowest BCUT2D eigenvalue weighted by Crippen LogP contribution is -2.55. The van der Waals surface area contributed by atoms with Gasteiger partial charge in [0.1, 0.15) is 5.41 Å². The summed E-state index contributed by atoms with van der Waals surface area (Å²) in [7, 11) is 0. The molecule has 1 saturated carbocycles. The van der Waals surface area contributed by atoms with E-state index >= 15 is 0 Å². The Morgan fingerprint density at radius 2 is 2.05 bits per heavy atom. The zero-order chi connectivity index (χ0) is 15.5. The number of carboxylic acids is 1. The van der Waals surface area contributed by atoms with Crippen LogP contribution in [0.1, 0.15) is 32.6 Å². The van der Waals surface area contributed by atoms with Gasteiger partial charge in [-0.05, 0) is 19.8 Å². The standard InChI is InChI=1S/C14H24N2O5/c1-14(12(18)19)9-21-8-11(14)15-13(20)16(6-7-17)10-4-2-3-5-10/h10-11,17H,2-9H2,1H3,(H,15,20)(H,18,19). The van der Waals surface area contributed by atoms with E-state index in [0.717, 1.165) is 25.7 Å². The highest BCUT2D eigenvalue weighted by atomic mass is 16.5. The molecule has 120 valence electrons. The Labute approximate surface area is 124 Å². The Balaban J connectivity index is 2.02. The summed E-state index contributed by atoms with van der Waals surface area (Å²) in [5.41, 5.74) is -1.10. The maximum atomic E-state index is 12.4. The number of hydrogen-bond acceptors (Lipinski definition) is 4. The van der Waals surface area contributed by atoms with Gasteiger partial charge >= 0.3 is 12.0 Å². The van der Waals surface area contributed by atoms with E-state index in [1.807, 2.05) is 0 Å². The van der Waals surface area contributed by atoms with Gasteiger partial charge in [-0.1, -0.05) is 12.8 Å². The number of nitrogens with one attached hydrogen (secondary N) is 1. The fraction of sp³-hybridized carbons (Fsp3) is 0.857. The van der Waals surface area contributed by atoms with Crippen LogP contribution in [0.15, 0.2) is 0 Å². The Bertz CT molecular complexity index is 397. The van der Waals surface area contributed by atoms with E-state index in [4.69, 9.17) is 9.84 Å². The number of carbonyl (C=O) groups is 2. The second kappa shape index (κ2) is 6.62. The molecule has 1 aliphatic carbocycles. The van der Waals surface area contributed by atoms with Crippen LogP contribution in [0.25, 0.3) is 0 Å². The van der Waals surface area contributed by atoms with E-state index in [1.165, 1.54) is 0 Å². The number of amides is 2. The van der Waals surface area contributed by atoms with Crippen LogP contribution in [-0.2, 0) is 9.53 Å². The molecule has 0 radical (unpaired) electrons. The van der Waals surface area contributed by atoms with E-state index in [2.05, 4.69) is 5.32 Å². The van der Waals surface area contributed by atoms with Crippen LogP contribution < -0.4 is 5.32 Å². The largest absolute Gasteiger partial charge is 0.481 e. The summed E-state index contributed by atoms with van der Waals surface area (Å²) in [6.45, 7) is 2.05. The topological polar surface area (TPSA) is 99.1 Å². The number of aliphatic hydroxyl groups is 1. The quantitative estimate of drug-likeness (QED) is 0.683. The molecular formula is C14H24N2O5. The summed E-state index contributed by atoms with van der Waals surface area (Å²) in [6.07, 6.45) is 4.04. The maximum Gasteiger partial charge on any atom is 0.318 e. The van der Waals surface area contributed by atoms with Crippen molar-refractivity contribution >= 4 is 12.0 Å². The number of hydrogen-bond donors (Lipinski definition) is 3. The van der Waals surface area contributed by atoms with Crippen molar-refractivity contribution in [1.82, 2.24) is 10.2 Å². The van der Waals surface area contributed by atoms with Gasteiger partial charge in [-0.3, -0.25) is 4.79 Å². The van der Waals surface area contributed by atoms with Crippen molar-refractivity contribution in [2.24, 2.45) is 5.41 Å². The van der Waals surface area contributed by atoms with E-state index in [9.17, 15) is 14.7 Å². The lowest BCUT2D eigenvalue weighted by atomic mass is 9.85. The Hall–Kier alpha value is -1.34. The van der Waals surface area contributed by atoms with Crippen LogP contribution in [-0.4, -0.2) is 65.6 Å². The van der Waals surface area contributed by atoms with Crippen molar-refractivity contribution in [2.45, 2.75) is 44.7 Å². The van der Waals surface area contributed by atoms with E-state index < -0.39 is 17.4 Å². The predicted octanol–water partition coefficient (Wildman–Crippen LogP) is 0.423. The first-order valence-corrected chi connectivity index (χ1v) is 7.48. The molecule has 7 nitrogen and oxygen atoms in total. The van der Waals surface area contributed by atoms with Gasteiger partial charge < -0.3 is 25.2 Å². The van der Waals surface area contributed by atoms with Crippen LogP contribution in [0.4, 0.5) is 4.79 Å². The molecule has 2 amide bonds. The number of ether oxygens (including phenoxy) is 1. The van der Waals surface area contributed by atoms with E-state index in [-0.39, 0.29) is 38.4 Å². The number of aliphatic hydroxyl groups excluding tert-OH is 1. The molecule has 2 unspecified atom stereocenters. The first kappa shape index (κ1) is 16.0. The van der Waals surface area contributed by atoms with E-state index in [1.54, 1.807) is 11.8 Å². The van der Waals surface area contributed by atoms with Crippen molar-refractivity contribution in [3.8, 4) is 0 Å². The minimum Gasteiger partial charge on any atom is -0.481 e. The molecule has 3 N–H and O–H groups in total. The zero-order valence-electron chi connectivity index (χ0n) is 12.4. The summed E-state index contributed by atoms with van der Waals surface area (Å²) in [5, 5.41) is 21.3. The Kier molecular flexibility index (Phi) is 5.05. The average molecular weight is 300 g/mol. The molecule has 2 fully saturated rings. The maximum absolute atomic E-state index is 12.4. The van der Waals surface area contributed by atoms with Crippen LogP contribution >= 0.6 is 0 Å². The lowest BCUT2D eigenvalue weighted by molar-refractivity contribution is -0.148. The molecule has 21 heavy (non-hydrogen) atoms.